The number of esters is 1. The summed E-state index contributed by atoms with van der Waals surface area (Å²) in [5.74, 6) is 19.3. The van der Waals surface area contributed by atoms with E-state index in [0.29, 0.717) is 62.4 Å². The van der Waals surface area contributed by atoms with Crippen molar-refractivity contribution in [3.8, 4) is 47.9 Å². The Morgan fingerprint density at radius 2 is 0.964 bits per heavy atom. The monoisotopic (exact) mass is 1140 g/mol. The molecule has 83 heavy (non-hydrogen) atoms. The molecule has 1 aromatic carbocycles. The number of carbonyl (C=O) groups is 6. The highest BCUT2D eigenvalue weighted by Crippen LogP contribution is 2.48. The van der Waals surface area contributed by atoms with E-state index >= 15 is 0 Å². The van der Waals surface area contributed by atoms with Gasteiger partial charge in [-0.15, -0.1) is 6.42 Å². The molecule has 5 aliphatic carbocycles. The van der Waals surface area contributed by atoms with Crippen LogP contribution in [-0.2, 0) is 40.1 Å². The van der Waals surface area contributed by atoms with Crippen LogP contribution in [-0.4, -0.2) is 47.3 Å². The SMILES string of the molecule is C#CC#CC#CC#CC.CC[C@H](C(=O)C[C@H]1CCCC[C@H]1[C@H](CC)C(=O)C[C@H]1CCCC[C@H]1[C@H](CC)C(=O)C[C@H]1CCCC[C@H]1[C@H](CC)C(=O)OCc1ccccc1)[C@@H]1CCCC[C@@H]1CC(=O)CC1(CNC(=O)OC(C)(C)C)CCCCC1. The molecule has 12 atom stereocenters. The third-order valence-electron chi connectivity index (χ3n) is 20.3. The normalized spacial score (nSPS) is 25.5. The highest BCUT2D eigenvalue weighted by atomic mass is 16.6. The van der Waals surface area contributed by atoms with Crippen molar-refractivity contribution in [1.82, 2.24) is 5.32 Å². The second-order valence-electron chi connectivity index (χ2n) is 26.9. The quantitative estimate of drug-likeness (QED) is 0.0716. The van der Waals surface area contributed by atoms with Gasteiger partial charge < -0.3 is 14.8 Å². The number of benzene rings is 1. The summed E-state index contributed by atoms with van der Waals surface area (Å²) < 4.78 is 11.5. The Hall–Kier alpha value is -5.12. The molecule has 0 radical (unpaired) electrons. The second kappa shape index (κ2) is 36.0. The minimum Gasteiger partial charge on any atom is -0.461 e. The fraction of sp³-hybridized carbons (Fsp3) is 0.730. The Kier molecular flexibility index (Phi) is 29.8. The molecule has 1 N–H and O–H groups in total. The first-order chi connectivity index (χ1) is 40.0. The molecule has 456 valence electrons. The van der Waals surface area contributed by atoms with Crippen LogP contribution in [0.5, 0.6) is 0 Å². The average Bonchev–Trinajstić information content (AvgIpc) is 3.65. The average molecular weight is 1140 g/mol. The summed E-state index contributed by atoms with van der Waals surface area (Å²) in [5.41, 5.74) is 0.162. The van der Waals surface area contributed by atoms with Gasteiger partial charge >= 0.3 is 12.1 Å². The maximum Gasteiger partial charge on any atom is 0.407 e. The molecule has 6 rings (SSSR count). The molecule has 1 aromatic rings. The Morgan fingerprint density at radius 3 is 1.39 bits per heavy atom. The van der Waals surface area contributed by atoms with Crippen molar-refractivity contribution < 1.29 is 38.2 Å². The third kappa shape index (κ3) is 22.0. The van der Waals surface area contributed by atoms with Crippen LogP contribution in [0.3, 0.4) is 0 Å². The van der Waals surface area contributed by atoms with E-state index in [0.717, 1.165) is 160 Å². The van der Waals surface area contributed by atoms with E-state index in [2.05, 4.69) is 74.5 Å². The summed E-state index contributed by atoms with van der Waals surface area (Å²) in [6, 6.07) is 9.87. The molecule has 0 spiro atoms. The number of carbonyl (C=O) groups excluding carboxylic acids is 6. The third-order valence-corrected chi connectivity index (χ3v) is 20.3. The lowest BCUT2D eigenvalue weighted by atomic mass is 9.63. The van der Waals surface area contributed by atoms with Crippen LogP contribution in [0.2, 0.25) is 0 Å². The predicted molar refractivity (Wildman–Crippen MR) is 334 cm³/mol. The number of nitrogens with one attached hydrogen (secondary N) is 1. The maximum absolute atomic E-state index is 14.9. The fourth-order valence-corrected chi connectivity index (χ4v) is 16.4. The van der Waals surface area contributed by atoms with Gasteiger partial charge in [0.25, 0.3) is 0 Å². The second-order valence-corrected chi connectivity index (χ2v) is 26.9. The van der Waals surface area contributed by atoms with Crippen LogP contribution in [0.15, 0.2) is 30.3 Å². The van der Waals surface area contributed by atoms with Gasteiger partial charge in [0.2, 0.25) is 0 Å². The fourth-order valence-electron chi connectivity index (χ4n) is 16.4. The number of alkyl carbamates (subject to hydrolysis) is 1. The summed E-state index contributed by atoms with van der Waals surface area (Å²) >= 11 is 0. The van der Waals surface area contributed by atoms with Gasteiger partial charge in [-0.3, -0.25) is 24.0 Å². The molecule has 5 fully saturated rings. The molecular formula is C74H107NO8. The lowest BCUT2D eigenvalue weighted by Gasteiger charge is -2.41. The first kappa shape index (κ1) is 68.7. The van der Waals surface area contributed by atoms with Gasteiger partial charge in [-0.2, -0.15) is 0 Å². The van der Waals surface area contributed by atoms with E-state index < -0.39 is 11.7 Å². The van der Waals surface area contributed by atoms with Crippen LogP contribution in [0.25, 0.3) is 0 Å². The highest BCUT2D eigenvalue weighted by molar-refractivity contribution is 5.84. The minimum absolute atomic E-state index is 0.0688. The summed E-state index contributed by atoms with van der Waals surface area (Å²) in [5, 5.41) is 3.03. The Labute approximate surface area is 503 Å². The van der Waals surface area contributed by atoms with Crippen molar-refractivity contribution in [3.05, 3.63) is 35.9 Å². The standard InChI is InChI=1S/C65H103NO8.C9H4/c1-8-51(55-32-20-16-28-46(55)38-50(67)42-65(36-24-13-25-37-65)44-66-63(72)74-64(5,6)7)59(68)39-47-29-17-21-33-56(47)52(9-2)60(69)40-48-30-18-22-34-57(48)53(10-3)61(70)41-49-31-19-23-35-58(49)54(11-4)62(71)73-43-45-26-14-12-15-27-45;1-3-5-7-9-8-6-4-2/h12,14-15,26-27,46-49,51-58H,8-11,13,16-25,28-44H2,1-7H3,(H,66,72);1H,2H3/t46-,47-,48-,49-,51+,52+,53+,54+,55-,56-,57-,58-;/m1./s1. The molecule has 0 unspecified atom stereocenters. The summed E-state index contributed by atoms with van der Waals surface area (Å²) in [6.45, 7) is 16.6. The van der Waals surface area contributed by atoms with E-state index in [9.17, 15) is 28.8 Å². The molecule has 1 amide bonds. The largest absolute Gasteiger partial charge is 0.461 e. The van der Waals surface area contributed by atoms with Gasteiger partial charge in [-0.1, -0.05) is 135 Å². The van der Waals surface area contributed by atoms with E-state index in [-0.39, 0.29) is 94.8 Å². The summed E-state index contributed by atoms with van der Waals surface area (Å²) in [6.07, 6.45) is 31.9. The summed E-state index contributed by atoms with van der Waals surface area (Å²) in [7, 11) is 0. The molecule has 0 saturated heterocycles. The van der Waals surface area contributed by atoms with Gasteiger partial charge in [-0.05, 0) is 211 Å². The van der Waals surface area contributed by atoms with Crippen LogP contribution < -0.4 is 5.32 Å². The number of ether oxygens (including phenoxy) is 2. The van der Waals surface area contributed by atoms with E-state index in [1.807, 2.05) is 51.1 Å². The zero-order chi connectivity index (χ0) is 60.2. The van der Waals surface area contributed by atoms with Crippen molar-refractivity contribution in [2.24, 2.45) is 76.4 Å². The zero-order valence-electron chi connectivity index (χ0n) is 52.8. The first-order valence-corrected chi connectivity index (χ1v) is 33.1. The molecule has 9 nitrogen and oxygen atoms in total. The van der Waals surface area contributed by atoms with Gasteiger partial charge in [0.1, 0.15) is 35.3 Å². The van der Waals surface area contributed by atoms with E-state index in [4.69, 9.17) is 15.9 Å². The van der Waals surface area contributed by atoms with Gasteiger partial charge in [-0.25, -0.2) is 4.79 Å². The van der Waals surface area contributed by atoms with E-state index in [1.54, 1.807) is 6.92 Å². The molecule has 5 aliphatic rings. The lowest BCUT2D eigenvalue weighted by molar-refractivity contribution is -0.154. The van der Waals surface area contributed by atoms with Crippen LogP contribution in [0.4, 0.5) is 4.79 Å². The molecule has 0 aromatic heterocycles. The highest BCUT2D eigenvalue weighted by Gasteiger charge is 2.44. The van der Waals surface area contributed by atoms with E-state index in [1.165, 1.54) is 0 Å². The molecule has 0 bridgehead atoms. The van der Waals surface area contributed by atoms with Crippen LogP contribution in [0.1, 0.15) is 254 Å². The van der Waals surface area contributed by atoms with Crippen molar-refractivity contribution >= 4 is 35.2 Å². The first-order valence-electron chi connectivity index (χ1n) is 33.1. The molecule has 0 heterocycles. The lowest BCUT2D eigenvalue weighted by Crippen LogP contribution is -2.43. The number of terminal acetylenes is 1. The molecular weight excluding hydrogens is 1030 g/mol. The Balaban J connectivity index is 0.00000129. The van der Waals surface area contributed by atoms with Gasteiger partial charge in [0.05, 0.1) is 5.92 Å². The van der Waals surface area contributed by atoms with Crippen molar-refractivity contribution in [2.45, 2.75) is 260 Å². The number of ketones is 4. The maximum atomic E-state index is 14.9. The van der Waals surface area contributed by atoms with Crippen LogP contribution in [0, 0.1) is 124 Å². The molecule has 5 saturated carbocycles. The molecule has 0 aliphatic heterocycles. The van der Waals surface area contributed by atoms with Crippen LogP contribution >= 0.6 is 0 Å². The topological polar surface area (TPSA) is 133 Å². The Bertz CT molecular complexity index is 2460. The molecule has 9 heteroatoms. The number of hydrogen-bond acceptors (Lipinski definition) is 8. The van der Waals surface area contributed by atoms with Crippen molar-refractivity contribution in [3.63, 3.8) is 0 Å². The predicted octanol–water partition coefficient (Wildman–Crippen LogP) is 16.4. The number of Topliss-reactive ketones (excluding diaryl/α,β-unsaturated/α-hetero) is 4. The Morgan fingerprint density at radius 1 is 0.554 bits per heavy atom. The number of amides is 1. The number of rotatable bonds is 26. The van der Waals surface area contributed by atoms with Crippen molar-refractivity contribution in [2.75, 3.05) is 6.54 Å². The minimum atomic E-state index is -0.581. The van der Waals surface area contributed by atoms with Gasteiger partial charge in [0.15, 0.2) is 0 Å². The summed E-state index contributed by atoms with van der Waals surface area (Å²) in [4.78, 5) is 84.8. The smallest absolute Gasteiger partial charge is 0.407 e. The van der Waals surface area contributed by atoms with Crippen molar-refractivity contribution in [1.29, 1.82) is 0 Å². The number of hydrogen-bond donors (Lipinski definition) is 1. The zero-order valence-corrected chi connectivity index (χ0v) is 52.8. The van der Waals surface area contributed by atoms with Gasteiger partial charge in [0, 0.05) is 56.4 Å².